The van der Waals surface area contributed by atoms with Crippen LogP contribution in [0.3, 0.4) is 0 Å². The van der Waals surface area contributed by atoms with Crippen LogP contribution >= 0.6 is 0 Å². The first kappa shape index (κ1) is 14.6. The van der Waals surface area contributed by atoms with Gasteiger partial charge in [0.1, 0.15) is 6.33 Å². The van der Waals surface area contributed by atoms with Crippen LogP contribution in [0.15, 0.2) is 30.6 Å². The molecule has 1 aliphatic heterocycles. The lowest BCUT2D eigenvalue weighted by molar-refractivity contribution is -0.0120. The van der Waals surface area contributed by atoms with E-state index in [0.29, 0.717) is 18.9 Å². The van der Waals surface area contributed by atoms with Crippen LogP contribution in [0.4, 0.5) is 26.4 Å². The zero-order valence-corrected chi connectivity index (χ0v) is 12.3. The molecule has 3 rings (SSSR count). The van der Waals surface area contributed by atoms with Gasteiger partial charge in [-0.1, -0.05) is 12.1 Å². The van der Waals surface area contributed by atoms with E-state index in [1.165, 1.54) is 11.2 Å². The quantitative estimate of drug-likeness (QED) is 0.944. The van der Waals surface area contributed by atoms with Crippen LogP contribution < -0.4 is 10.2 Å². The maximum Gasteiger partial charge on any atom is 0.265 e. The van der Waals surface area contributed by atoms with Crippen LogP contribution in [-0.4, -0.2) is 34.0 Å². The smallest absolute Gasteiger partial charge is 0.265 e. The van der Waals surface area contributed by atoms with E-state index in [1.807, 2.05) is 31.2 Å². The minimum Gasteiger partial charge on any atom is -0.335 e. The van der Waals surface area contributed by atoms with E-state index >= 15 is 0 Å². The number of nitrogens with one attached hydrogen (secondary N) is 1. The molecule has 1 N–H and O–H groups in total. The Morgan fingerprint density at radius 2 is 2.14 bits per heavy atom. The van der Waals surface area contributed by atoms with Gasteiger partial charge in [-0.05, 0) is 31.0 Å². The summed E-state index contributed by atoms with van der Waals surface area (Å²) in [4.78, 5) is 13.8. The molecule has 1 aromatic carbocycles. The Hall–Kier alpha value is -2.31. The van der Waals surface area contributed by atoms with Crippen LogP contribution in [0, 0.1) is 6.92 Å². The van der Waals surface area contributed by atoms with Crippen molar-refractivity contribution in [1.29, 1.82) is 0 Å². The molecule has 1 aliphatic rings. The van der Waals surface area contributed by atoms with E-state index in [-0.39, 0.29) is 18.9 Å². The van der Waals surface area contributed by atoms with Crippen molar-refractivity contribution in [3.05, 3.63) is 36.2 Å². The number of nitrogens with zero attached hydrogens (tertiary/aromatic N) is 4. The number of halogens is 2. The molecule has 1 fully saturated rings. The third kappa shape index (κ3) is 3.47. The lowest BCUT2D eigenvalue weighted by atomic mass is 10.1. The summed E-state index contributed by atoms with van der Waals surface area (Å²) >= 11 is 0. The molecule has 0 saturated carbocycles. The zero-order chi connectivity index (χ0) is 15.6. The minimum absolute atomic E-state index is 0.0804. The molecule has 0 aliphatic carbocycles. The van der Waals surface area contributed by atoms with E-state index in [9.17, 15) is 8.78 Å². The second-order valence-electron chi connectivity index (χ2n) is 5.48. The van der Waals surface area contributed by atoms with Gasteiger partial charge in [0.2, 0.25) is 11.9 Å². The summed E-state index contributed by atoms with van der Waals surface area (Å²) in [6.07, 6.45) is 1.69. The van der Waals surface area contributed by atoms with Gasteiger partial charge in [0.15, 0.2) is 0 Å². The van der Waals surface area contributed by atoms with Crippen LogP contribution in [-0.2, 0) is 0 Å². The molecule has 2 aromatic rings. The fourth-order valence-corrected chi connectivity index (χ4v) is 2.49. The summed E-state index contributed by atoms with van der Waals surface area (Å²) in [5.41, 5.74) is 1.95. The molecule has 116 valence electrons. The number of anilines is 3. The molecule has 5 nitrogen and oxygen atoms in total. The number of aryl methyl sites for hydroxylation is 1. The van der Waals surface area contributed by atoms with Gasteiger partial charge in [0.05, 0.1) is 6.54 Å². The fraction of sp³-hybridized carbons (Fsp3) is 0.400. The Morgan fingerprint density at radius 3 is 2.91 bits per heavy atom. The van der Waals surface area contributed by atoms with E-state index in [2.05, 4.69) is 20.3 Å². The second kappa shape index (κ2) is 5.82. The lowest BCUT2D eigenvalue weighted by Gasteiger charge is -2.32. The normalized spacial score (nSPS) is 17.3. The highest BCUT2D eigenvalue weighted by Crippen LogP contribution is 2.28. The Kier molecular flexibility index (Phi) is 3.87. The number of piperidine rings is 1. The third-order valence-electron chi connectivity index (χ3n) is 3.51. The zero-order valence-electron chi connectivity index (χ0n) is 12.3. The molecule has 0 atom stereocenters. The van der Waals surface area contributed by atoms with Gasteiger partial charge in [-0.2, -0.15) is 4.98 Å². The summed E-state index contributed by atoms with van der Waals surface area (Å²) < 4.78 is 27.0. The Balaban J connectivity index is 1.78. The standard InChI is InChI=1S/C15H17F2N5/c1-11-4-2-5-12(8-11)20-13-18-10-19-14(21-13)22-7-3-6-15(16,17)9-22/h2,4-5,8,10H,3,6-7,9H2,1H3,(H,18,19,20,21). The number of aromatic nitrogens is 3. The maximum absolute atomic E-state index is 13.5. The highest BCUT2D eigenvalue weighted by Gasteiger charge is 2.36. The van der Waals surface area contributed by atoms with Gasteiger partial charge in [-0.15, -0.1) is 0 Å². The van der Waals surface area contributed by atoms with Gasteiger partial charge in [-0.25, -0.2) is 18.7 Å². The van der Waals surface area contributed by atoms with Crippen molar-refractivity contribution >= 4 is 17.6 Å². The van der Waals surface area contributed by atoms with Crippen molar-refractivity contribution < 1.29 is 8.78 Å². The second-order valence-corrected chi connectivity index (χ2v) is 5.48. The summed E-state index contributed by atoms with van der Waals surface area (Å²) in [6.45, 7) is 2.17. The monoisotopic (exact) mass is 305 g/mol. The van der Waals surface area contributed by atoms with Crippen molar-refractivity contribution in [2.24, 2.45) is 0 Å². The predicted molar refractivity (Wildman–Crippen MR) is 80.7 cm³/mol. The van der Waals surface area contributed by atoms with Crippen molar-refractivity contribution in [1.82, 2.24) is 15.0 Å². The number of hydrogen-bond acceptors (Lipinski definition) is 5. The molecule has 1 aromatic heterocycles. The minimum atomic E-state index is -2.69. The average molecular weight is 305 g/mol. The Morgan fingerprint density at radius 1 is 1.27 bits per heavy atom. The van der Waals surface area contributed by atoms with Crippen molar-refractivity contribution in [3.63, 3.8) is 0 Å². The van der Waals surface area contributed by atoms with Gasteiger partial charge < -0.3 is 10.2 Å². The summed E-state index contributed by atoms with van der Waals surface area (Å²) in [7, 11) is 0. The molecule has 1 saturated heterocycles. The van der Waals surface area contributed by atoms with E-state index in [4.69, 9.17) is 0 Å². The first-order chi connectivity index (χ1) is 10.5. The molecular formula is C15H17F2N5. The molecule has 2 heterocycles. The molecule has 22 heavy (non-hydrogen) atoms. The SMILES string of the molecule is Cc1cccc(Nc2ncnc(N3CCCC(F)(F)C3)n2)c1. The molecule has 0 amide bonds. The van der Waals surface area contributed by atoms with Crippen LogP contribution in [0.5, 0.6) is 0 Å². The molecule has 0 radical (unpaired) electrons. The average Bonchev–Trinajstić information content (AvgIpc) is 2.46. The van der Waals surface area contributed by atoms with Crippen molar-refractivity contribution in [2.45, 2.75) is 25.7 Å². The lowest BCUT2D eigenvalue weighted by Crippen LogP contribution is -2.43. The van der Waals surface area contributed by atoms with Gasteiger partial charge in [0, 0.05) is 18.7 Å². The first-order valence-corrected chi connectivity index (χ1v) is 7.17. The highest BCUT2D eigenvalue weighted by molar-refractivity contribution is 5.55. The first-order valence-electron chi connectivity index (χ1n) is 7.17. The highest BCUT2D eigenvalue weighted by atomic mass is 19.3. The van der Waals surface area contributed by atoms with Gasteiger partial charge in [-0.3, -0.25) is 0 Å². The number of hydrogen-bond donors (Lipinski definition) is 1. The van der Waals surface area contributed by atoms with Crippen LogP contribution in [0.25, 0.3) is 0 Å². The maximum atomic E-state index is 13.5. The molecule has 0 bridgehead atoms. The summed E-state index contributed by atoms with van der Waals surface area (Å²) in [6, 6.07) is 7.76. The number of benzene rings is 1. The van der Waals surface area contributed by atoms with Crippen molar-refractivity contribution in [2.75, 3.05) is 23.3 Å². The third-order valence-corrected chi connectivity index (χ3v) is 3.51. The molecule has 7 heteroatoms. The van der Waals surface area contributed by atoms with Crippen molar-refractivity contribution in [3.8, 4) is 0 Å². The largest absolute Gasteiger partial charge is 0.335 e. The van der Waals surface area contributed by atoms with E-state index < -0.39 is 5.92 Å². The molecular weight excluding hydrogens is 288 g/mol. The van der Waals surface area contributed by atoms with Crippen LogP contribution in [0.2, 0.25) is 0 Å². The summed E-state index contributed by atoms with van der Waals surface area (Å²) in [5.74, 6) is -2.05. The molecule has 0 spiro atoms. The number of alkyl halides is 2. The number of rotatable bonds is 3. The Bertz CT molecular complexity index is 662. The predicted octanol–water partition coefficient (Wildman–Crippen LogP) is 3.16. The van der Waals surface area contributed by atoms with Crippen LogP contribution in [0.1, 0.15) is 18.4 Å². The van der Waals surface area contributed by atoms with E-state index in [0.717, 1.165) is 11.3 Å². The topological polar surface area (TPSA) is 53.9 Å². The fourth-order valence-electron chi connectivity index (χ4n) is 2.49. The molecule has 0 unspecified atom stereocenters. The summed E-state index contributed by atoms with van der Waals surface area (Å²) in [5, 5.41) is 3.07. The van der Waals surface area contributed by atoms with E-state index in [1.54, 1.807) is 0 Å². The van der Waals surface area contributed by atoms with Gasteiger partial charge >= 0.3 is 0 Å². The van der Waals surface area contributed by atoms with Gasteiger partial charge in [0.25, 0.3) is 5.92 Å². The Labute approximate surface area is 127 Å².